The highest BCUT2D eigenvalue weighted by atomic mass is 16.2. The molecule has 0 N–H and O–H groups in total. The summed E-state index contributed by atoms with van der Waals surface area (Å²) in [7, 11) is 0. The summed E-state index contributed by atoms with van der Waals surface area (Å²) in [5.74, 6) is 0.0803. The Morgan fingerprint density at radius 3 is 2.05 bits per heavy atom. The maximum Gasteiger partial charge on any atom is 0.253 e. The number of hydrogen-bond donors (Lipinski definition) is 0. The number of carbonyl (C=O) groups is 2. The lowest BCUT2D eigenvalue weighted by molar-refractivity contribution is -0.127. The topological polar surface area (TPSA) is 40.6 Å². The molecule has 106 valence electrons. The lowest BCUT2D eigenvalue weighted by Crippen LogP contribution is -2.50. The van der Waals surface area contributed by atoms with Crippen LogP contribution in [0.5, 0.6) is 0 Å². The zero-order valence-electron chi connectivity index (χ0n) is 12.0. The van der Waals surface area contributed by atoms with E-state index in [2.05, 4.69) is 0 Å². The quantitative estimate of drug-likeness (QED) is 0.772. The zero-order chi connectivity index (χ0) is 14.5. The van der Waals surface area contributed by atoms with Crippen LogP contribution in [0, 0.1) is 0 Å². The van der Waals surface area contributed by atoms with Gasteiger partial charge in [-0.05, 0) is 26.0 Å². The molecule has 1 aromatic carbocycles. The molecule has 2 rings (SSSR count). The van der Waals surface area contributed by atoms with Gasteiger partial charge in [0.2, 0.25) is 5.91 Å². The Morgan fingerprint density at radius 1 is 0.950 bits per heavy atom. The summed E-state index contributed by atoms with van der Waals surface area (Å²) in [5.41, 5.74) is 1.70. The number of amides is 2. The average molecular weight is 272 g/mol. The number of rotatable bonds is 2. The summed E-state index contributed by atoms with van der Waals surface area (Å²) in [6.07, 6.45) is 1.65. The Labute approximate surface area is 119 Å². The van der Waals surface area contributed by atoms with E-state index in [1.165, 1.54) is 0 Å². The first kappa shape index (κ1) is 14.3. The lowest BCUT2D eigenvalue weighted by Gasteiger charge is -2.34. The fraction of sp³-hybridized carbons (Fsp3) is 0.375. The third-order valence-electron chi connectivity index (χ3n) is 3.31. The van der Waals surface area contributed by atoms with Gasteiger partial charge in [-0.25, -0.2) is 0 Å². The number of allylic oxidation sites excluding steroid dienone is 1. The van der Waals surface area contributed by atoms with Gasteiger partial charge in [0, 0.05) is 37.8 Å². The zero-order valence-corrected chi connectivity index (χ0v) is 12.0. The third-order valence-corrected chi connectivity index (χ3v) is 3.31. The van der Waals surface area contributed by atoms with Gasteiger partial charge < -0.3 is 9.80 Å². The van der Waals surface area contributed by atoms with Gasteiger partial charge in [0.1, 0.15) is 0 Å². The Balaban J connectivity index is 1.93. The van der Waals surface area contributed by atoms with E-state index in [1.807, 2.05) is 49.1 Å². The average Bonchev–Trinajstić information content (AvgIpc) is 2.47. The number of carbonyl (C=O) groups excluding carboxylic acids is 2. The second kappa shape index (κ2) is 6.37. The van der Waals surface area contributed by atoms with Crippen molar-refractivity contribution >= 4 is 11.8 Å². The van der Waals surface area contributed by atoms with Crippen molar-refractivity contribution in [1.82, 2.24) is 9.80 Å². The number of nitrogens with zero attached hydrogens (tertiary/aromatic N) is 2. The summed E-state index contributed by atoms with van der Waals surface area (Å²) < 4.78 is 0. The van der Waals surface area contributed by atoms with E-state index in [-0.39, 0.29) is 11.8 Å². The monoisotopic (exact) mass is 272 g/mol. The van der Waals surface area contributed by atoms with Crippen LogP contribution in [0.1, 0.15) is 24.2 Å². The van der Waals surface area contributed by atoms with Crippen molar-refractivity contribution in [2.75, 3.05) is 26.2 Å². The molecular formula is C16H20N2O2. The molecular weight excluding hydrogens is 252 g/mol. The van der Waals surface area contributed by atoms with Crippen molar-refractivity contribution in [3.05, 3.63) is 47.5 Å². The first-order chi connectivity index (χ1) is 9.58. The molecule has 0 unspecified atom stereocenters. The van der Waals surface area contributed by atoms with E-state index in [0.717, 1.165) is 5.57 Å². The summed E-state index contributed by atoms with van der Waals surface area (Å²) >= 11 is 0. The van der Waals surface area contributed by atoms with Gasteiger partial charge in [-0.15, -0.1) is 0 Å². The fourth-order valence-electron chi connectivity index (χ4n) is 2.23. The minimum Gasteiger partial charge on any atom is -0.336 e. The minimum atomic E-state index is 0.0387. The van der Waals surface area contributed by atoms with E-state index in [4.69, 9.17) is 0 Å². The molecule has 1 heterocycles. The molecule has 0 radical (unpaired) electrons. The van der Waals surface area contributed by atoms with Gasteiger partial charge in [-0.3, -0.25) is 9.59 Å². The van der Waals surface area contributed by atoms with Crippen molar-refractivity contribution in [3.8, 4) is 0 Å². The summed E-state index contributed by atoms with van der Waals surface area (Å²) in [6, 6.07) is 9.27. The van der Waals surface area contributed by atoms with Crippen molar-refractivity contribution in [1.29, 1.82) is 0 Å². The smallest absolute Gasteiger partial charge is 0.253 e. The largest absolute Gasteiger partial charge is 0.336 e. The molecule has 0 aliphatic carbocycles. The number of benzene rings is 1. The Morgan fingerprint density at radius 2 is 1.50 bits per heavy atom. The van der Waals surface area contributed by atoms with Crippen LogP contribution in [0.25, 0.3) is 0 Å². The summed E-state index contributed by atoms with van der Waals surface area (Å²) in [5, 5.41) is 0. The van der Waals surface area contributed by atoms with E-state index in [1.54, 1.807) is 11.0 Å². The molecule has 0 spiro atoms. The standard InChI is InChI=1S/C16H20N2O2/c1-13(2)12-15(19)17-8-10-18(11-9-17)16(20)14-6-4-3-5-7-14/h3-7,12H,8-11H2,1-2H3. The molecule has 1 saturated heterocycles. The molecule has 4 heteroatoms. The molecule has 1 aromatic rings. The maximum atomic E-state index is 12.3. The second-order valence-corrected chi connectivity index (χ2v) is 5.21. The van der Waals surface area contributed by atoms with Gasteiger partial charge in [-0.1, -0.05) is 23.8 Å². The predicted molar refractivity (Wildman–Crippen MR) is 78.4 cm³/mol. The van der Waals surface area contributed by atoms with Crippen LogP contribution in [0.4, 0.5) is 0 Å². The number of piperazine rings is 1. The highest BCUT2D eigenvalue weighted by Crippen LogP contribution is 2.09. The molecule has 1 aliphatic rings. The van der Waals surface area contributed by atoms with Crippen LogP contribution >= 0.6 is 0 Å². The van der Waals surface area contributed by atoms with Crippen LogP contribution in [0.3, 0.4) is 0 Å². The van der Waals surface area contributed by atoms with Crippen molar-refractivity contribution < 1.29 is 9.59 Å². The van der Waals surface area contributed by atoms with Crippen molar-refractivity contribution in [2.45, 2.75) is 13.8 Å². The van der Waals surface area contributed by atoms with Gasteiger partial charge >= 0.3 is 0 Å². The first-order valence-electron chi connectivity index (χ1n) is 6.86. The van der Waals surface area contributed by atoms with Crippen LogP contribution in [-0.2, 0) is 4.79 Å². The maximum absolute atomic E-state index is 12.3. The molecule has 20 heavy (non-hydrogen) atoms. The molecule has 0 aromatic heterocycles. The summed E-state index contributed by atoms with van der Waals surface area (Å²) in [4.78, 5) is 27.8. The highest BCUT2D eigenvalue weighted by Gasteiger charge is 2.23. The van der Waals surface area contributed by atoms with Crippen LogP contribution < -0.4 is 0 Å². The molecule has 0 atom stereocenters. The minimum absolute atomic E-state index is 0.0387. The highest BCUT2D eigenvalue weighted by molar-refractivity contribution is 5.94. The van der Waals surface area contributed by atoms with Crippen molar-refractivity contribution in [2.24, 2.45) is 0 Å². The Hall–Kier alpha value is -2.10. The Kier molecular flexibility index (Phi) is 4.56. The van der Waals surface area contributed by atoms with Gasteiger partial charge in [0.05, 0.1) is 0 Å². The SMILES string of the molecule is CC(C)=CC(=O)N1CCN(C(=O)c2ccccc2)CC1. The summed E-state index contributed by atoms with van der Waals surface area (Å²) in [6.45, 7) is 6.20. The van der Waals surface area contributed by atoms with Crippen LogP contribution in [0.2, 0.25) is 0 Å². The van der Waals surface area contributed by atoms with Gasteiger partial charge in [0.25, 0.3) is 5.91 Å². The van der Waals surface area contributed by atoms with Gasteiger partial charge in [0.15, 0.2) is 0 Å². The molecule has 1 fully saturated rings. The van der Waals surface area contributed by atoms with E-state index >= 15 is 0 Å². The van der Waals surface area contributed by atoms with Crippen molar-refractivity contribution in [3.63, 3.8) is 0 Å². The molecule has 0 bridgehead atoms. The second-order valence-electron chi connectivity index (χ2n) is 5.21. The van der Waals surface area contributed by atoms with Crippen LogP contribution in [-0.4, -0.2) is 47.8 Å². The molecule has 1 aliphatic heterocycles. The lowest BCUT2D eigenvalue weighted by atomic mass is 10.2. The van der Waals surface area contributed by atoms with Gasteiger partial charge in [-0.2, -0.15) is 0 Å². The molecule has 4 nitrogen and oxygen atoms in total. The molecule has 2 amide bonds. The predicted octanol–water partition coefficient (Wildman–Crippen LogP) is 1.94. The van der Waals surface area contributed by atoms with E-state index < -0.39 is 0 Å². The normalized spacial score (nSPS) is 14.9. The first-order valence-corrected chi connectivity index (χ1v) is 6.86. The molecule has 0 saturated carbocycles. The Bertz CT molecular complexity index is 511. The van der Waals surface area contributed by atoms with E-state index in [0.29, 0.717) is 31.7 Å². The third kappa shape index (κ3) is 3.47. The number of hydrogen-bond acceptors (Lipinski definition) is 2. The van der Waals surface area contributed by atoms with Crippen LogP contribution in [0.15, 0.2) is 42.0 Å². The van der Waals surface area contributed by atoms with E-state index in [9.17, 15) is 9.59 Å². The fourth-order valence-corrected chi connectivity index (χ4v) is 2.23.